The molecule has 0 radical (unpaired) electrons. The molecule has 136 valence electrons. The molecule has 0 aliphatic heterocycles. The molecular formula is C18H17N2O5S-. The Balaban J connectivity index is 2.22. The number of aromatic nitrogens is 2. The van der Waals surface area contributed by atoms with Crippen LogP contribution in [0.4, 0.5) is 0 Å². The SMILES string of the molecule is CC[C@@H](C(=O)[O-])n1cnc2scc(-c3ccc(OC)c(OC)c3)c2c1=O. The van der Waals surface area contributed by atoms with Gasteiger partial charge in [-0.05, 0) is 24.1 Å². The van der Waals surface area contributed by atoms with E-state index < -0.39 is 17.6 Å². The molecule has 2 heterocycles. The summed E-state index contributed by atoms with van der Waals surface area (Å²) in [6.07, 6.45) is 1.49. The second-order valence-electron chi connectivity index (χ2n) is 5.60. The summed E-state index contributed by atoms with van der Waals surface area (Å²) in [5.74, 6) is -0.192. The molecule has 0 spiro atoms. The second-order valence-corrected chi connectivity index (χ2v) is 6.46. The molecule has 0 aliphatic rings. The highest BCUT2D eigenvalue weighted by atomic mass is 32.1. The van der Waals surface area contributed by atoms with E-state index in [1.807, 2.05) is 11.4 Å². The van der Waals surface area contributed by atoms with Crippen LogP contribution in [0.25, 0.3) is 21.3 Å². The summed E-state index contributed by atoms with van der Waals surface area (Å²) in [6, 6.07) is 4.28. The Morgan fingerprint density at radius 1 is 1.31 bits per heavy atom. The van der Waals surface area contributed by atoms with Gasteiger partial charge in [0.1, 0.15) is 4.83 Å². The van der Waals surface area contributed by atoms with Gasteiger partial charge in [0, 0.05) is 10.9 Å². The first-order valence-electron chi connectivity index (χ1n) is 7.93. The number of hydrogen-bond donors (Lipinski definition) is 0. The fraction of sp³-hybridized carbons (Fsp3) is 0.278. The Morgan fingerprint density at radius 2 is 2.04 bits per heavy atom. The van der Waals surface area contributed by atoms with E-state index in [-0.39, 0.29) is 6.42 Å². The van der Waals surface area contributed by atoms with Crippen LogP contribution in [0.3, 0.4) is 0 Å². The van der Waals surface area contributed by atoms with Crippen molar-refractivity contribution < 1.29 is 19.4 Å². The normalized spacial score (nSPS) is 12.1. The molecule has 0 unspecified atom stereocenters. The second kappa shape index (κ2) is 7.17. The van der Waals surface area contributed by atoms with Gasteiger partial charge in [-0.2, -0.15) is 0 Å². The van der Waals surface area contributed by atoms with Crippen LogP contribution in [-0.4, -0.2) is 29.7 Å². The summed E-state index contributed by atoms with van der Waals surface area (Å²) >= 11 is 1.32. The molecule has 2 aromatic heterocycles. The number of aliphatic carboxylic acids is 1. The number of nitrogens with zero attached hydrogens (tertiary/aromatic N) is 2. The van der Waals surface area contributed by atoms with Crippen molar-refractivity contribution in [3.8, 4) is 22.6 Å². The maximum atomic E-state index is 12.9. The molecular weight excluding hydrogens is 356 g/mol. The van der Waals surface area contributed by atoms with E-state index in [4.69, 9.17) is 9.47 Å². The standard InChI is InChI=1S/C18H18N2O5S/c1-4-12(18(22)23)20-9-19-16-15(17(20)21)11(8-26-16)10-5-6-13(24-2)14(7-10)25-3/h5-9,12H,4H2,1-3H3,(H,22,23)/p-1/t12-/m0/s1. The smallest absolute Gasteiger partial charge is 0.263 e. The predicted molar refractivity (Wildman–Crippen MR) is 96.8 cm³/mol. The highest BCUT2D eigenvalue weighted by molar-refractivity contribution is 7.17. The topological polar surface area (TPSA) is 93.5 Å². The van der Waals surface area contributed by atoms with Crippen LogP contribution < -0.4 is 20.1 Å². The van der Waals surface area contributed by atoms with Crippen molar-refractivity contribution in [1.82, 2.24) is 9.55 Å². The van der Waals surface area contributed by atoms with Gasteiger partial charge in [-0.3, -0.25) is 9.36 Å². The average molecular weight is 373 g/mol. The Morgan fingerprint density at radius 3 is 2.65 bits per heavy atom. The molecule has 1 atom stereocenters. The van der Waals surface area contributed by atoms with E-state index in [1.54, 1.807) is 26.2 Å². The highest BCUT2D eigenvalue weighted by Crippen LogP contribution is 2.36. The average Bonchev–Trinajstić information content (AvgIpc) is 3.08. The van der Waals surface area contributed by atoms with Crippen molar-refractivity contribution in [2.45, 2.75) is 19.4 Å². The molecule has 0 saturated carbocycles. The van der Waals surface area contributed by atoms with E-state index in [9.17, 15) is 14.7 Å². The van der Waals surface area contributed by atoms with Gasteiger partial charge in [-0.25, -0.2) is 4.98 Å². The van der Waals surface area contributed by atoms with Gasteiger partial charge < -0.3 is 19.4 Å². The number of carboxylic acid groups (broad SMARTS) is 1. The Bertz CT molecular complexity index is 1020. The Hall–Kier alpha value is -2.87. The van der Waals surface area contributed by atoms with Crippen molar-refractivity contribution in [1.29, 1.82) is 0 Å². The molecule has 0 saturated heterocycles. The fourth-order valence-corrected chi connectivity index (χ4v) is 3.77. The number of ether oxygens (including phenoxy) is 2. The predicted octanol–water partition coefficient (Wildman–Crippen LogP) is 1.84. The quantitative estimate of drug-likeness (QED) is 0.654. The van der Waals surface area contributed by atoms with Crippen LogP contribution in [0.1, 0.15) is 19.4 Å². The van der Waals surface area contributed by atoms with E-state index >= 15 is 0 Å². The number of thiophene rings is 1. The van der Waals surface area contributed by atoms with Gasteiger partial charge in [0.25, 0.3) is 5.56 Å². The van der Waals surface area contributed by atoms with Crippen LogP contribution >= 0.6 is 11.3 Å². The summed E-state index contributed by atoms with van der Waals surface area (Å²) in [5, 5.41) is 13.5. The third-order valence-electron chi connectivity index (χ3n) is 4.21. The van der Waals surface area contributed by atoms with Crippen LogP contribution in [0.15, 0.2) is 34.7 Å². The first-order chi connectivity index (χ1) is 12.5. The van der Waals surface area contributed by atoms with Gasteiger partial charge >= 0.3 is 0 Å². The maximum absolute atomic E-state index is 12.9. The lowest BCUT2D eigenvalue weighted by Crippen LogP contribution is -2.37. The lowest BCUT2D eigenvalue weighted by atomic mass is 10.1. The monoisotopic (exact) mass is 373 g/mol. The molecule has 0 aliphatic carbocycles. The van der Waals surface area contributed by atoms with Gasteiger partial charge in [0.2, 0.25) is 0 Å². The molecule has 26 heavy (non-hydrogen) atoms. The largest absolute Gasteiger partial charge is 0.548 e. The number of fused-ring (bicyclic) bond motifs is 1. The zero-order chi connectivity index (χ0) is 18.8. The van der Waals surface area contributed by atoms with Gasteiger partial charge in [0.15, 0.2) is 11.5 Å². The Kier molecular flexibility index (Phi) is 4.94. The summed E-state index contributed by atoms with van der Waals surface area (Å²) < 4.78 is 11.7. The van der Waals surface area contributed by atoms with Crippen molar-refractivity contribution in [3.63, 3.8) is 0 Å². The number of methoxy groups -OCH3 is 2. The highest BCUT2D eigenvalue weighted by Gasteiger charge is 2.18. The summed E-state index contributed by atoms with van der Waals surface area (Å²) in [7, 11) is 3.08. The molecule has 1 aromatic carbocycles. The van der Waals surface area contributed by atoms with Crippen molar-refractivity contribution in [2.75, 3.05) is 14.2 Å². The van der Waals surface area contributed by atoms with Crippen molar-refractivity contribution >= 4 is 27.5 Å². The Labute approximate surface area is 153 Å². The van der Waals surface area contributed by atoms with E-state index in [1.165, 1.54) is 24.8 Å². The van der Waals surface area contributed by atoms with Gasteiger partial charge in [-0.15, -0.1) is 11.3 Å². The number of rotatable bonds is 6. The lowest BCUT2D eigenvalue weighted by Gasteiger charge is -2.18. The molecule has 3 aromatic rings. The number of benzene rings is 1. The van der Waals surface area contributed by atoms with E-state index in [0.717, 1.165) is 10.1 Å². The molecule has 7 nitrogen and oxygen atoms in total. The molecule has 0 amide bonds. The summed E-state index contributed by atoms with van der Waals surface area (Å²) in [5.41, 5.74) is 1.02. The van der Waals surface area contributed by atoms with Crippen molar-refractivity contribution in [3.05, 3.63) is 40.3 Å². The zero-order valence-electron chi connectivity index (χ0n) is 14.5. The molecule has 0 N–H and O–H groups in total. The van der Waals surface area contributed by atoms with Gasteiger partial charge in [0.05, 0.1) is 37.9 Å². The number of hydrogen-bond acceptors (Lipinski definition) is 7. The molecule has 0 fully saturated rings. The number of carbonyl (C=O) groups excluding carboxylic acids is 1. The van der Waals surface area contributed by atoms with Crippen LogP contribution in [0, 0.1) is 0 Å². The van der Waals surface area contributed by atoms with Crippen LogP contribution in [0.5, 0.6) is 11.5 Å². The first-order valence-corrected chi connectivity index (χ1v) is 8.81. The third-order valence-corrected chi connectivity index (χ3v) is 5.09. The summed E-state index contributed by atoms with van der Waals surface area (Å²) in [4.78, 5) is 29.1. The number of carbonyl (C=O) groups is 1. The zero-order valence-corrected chi connectivity index (χ0v) is 15.3. The molecule has 3 rings (SSSR count). The third kappa shape index (κ3) is 2.92. The van der Waals surface area contributed by atoms with E-state index in [0.29, 0.717) is 27.3 Å². The van der Waals surface area contributed by atoms with E-state index in [2.05, 4.69) is 4.98 Å². The maximum Gasteiger partial charge on any atom is 0.263 e. The van der Waals surface area contributed by atoms with Crippen molar-refractivity contribution in [2.24, 2.45) is 0 Å². The number of carboxylic acids is 1. The summed E-state index contributed by atoms with van der Waals surface area (Å²) in [6.45, 7) is 1.68. The molecule has 0 bridgehead atoms. The minimum absolute atomic E-state index is 0.227. The van der Waals surface area contributed by atoms with Gasteiger partial charge in [-0.1, -0.05) is 13.0 Å². The first kappa shape index (κ1) is 17.9. The van der Waals surface area contributed by atoms with Crippen LogP contribution in [-0.2, 0) is 4.79 Å². The fourth-order valence-electron chi connectivity index (χ4n) is 2.86. The lowest BCUT2D eigenvalue weighted by molar-refractivity contribution is -0.310. The van der Waals surface area contributed by atoms with Crippen LogP contribution in [0.2, 0.25) is 0 Å². The minimum Gasteiger partial charge on any atom is -0.548 e. The molecule has 8 heteroatoms. The minimum atomic E-state index is -1.31.